The summed E-state index contributed by atoms with van der Waals surface area (Å²) >= 11 is 0. The summed E-state index contributed by atoms with van der Waals surface area (Å²) in [6.07, 6.45) is -1.27. The number of esters is 2. The molecule has 0 radical (unpaired) electrons. The second kappa shape index (κ2) is 12.3. The van der Waals surface area contributed by atoms with Gasteiger partial charge in [0.2, 0.25) is 11.6 Å². The summed E-state index contributed by atoms with van der Waals surface area (Å²) in [5, 5.41) is 23.9. The Labute approximate surface area is 261 Å². The quantitative estimate of drug-likeness (QED) is 0.219. The normalized spacial score (nSPS) is 15.0. The van der Waals surface area contributed by atoms with Crippen molar-refractivity contribution in [3.63, 3.8) is 0 Å². The number of aromatic nitrogens is 2. The molecule has 46 heavy (non-hydrogen) atoms. The predicted octanol–water partition coefficient (Wildman–Crippen LogP) is 3.16. The predicted molar refractivity (Wildman–Crippen MR) is 166 cm³/mol. The maximum atomic E-state index is 14.0. The summed E-state index contributed by atoms with van der Waals surface area (Å²) < 4.78 is 12.2. The lowest BCUT2D eigenvalue weighted by atomic mass is 9.76. The zero-order valence-electron chi connectivity index (χ0n) is 25.4. The molecule has 0 aliphatic heterocycles. The molecule has 2 unspecified atom stereocenters. The number of aliphatic hydroxyl groups is 2. The third-order valence-electron chi connectivity index (χ3n) is 8.40. The van der Waals surface area contributed by atoms with E-state index in [0.29, 0.717) is 21.8 Å². The summed E-state index contributed by atoms with van der Waals surface area (Å²) in [7, 11) is 5.17. The van der Waals surface area contributed by atoms with Crippen LogP contribution >= 0.6 is 0 Å². The summed E-state index contributed by atoms with van der Waals surface area (Å²) in [6, 6.07) is 16.6. The Morgan fingerprint density at radius 1 is 0.652 bits per heavy atom. The largest absolute Gasteiger partial charge is 0.504 e. The molecule has 12 heteroatoms. The number of hydrogen-bond donors (Lipinski definition) is 2. The van der Waals surface area contributed by atoms with Crippen molar-refractivity contribution in [3.8, 4) is 0 Å². The molecule has 0 saturated carbocycles. The highest BCUT2D eigenvalue weighted by Crippen LogP contribution is 2.40. The molecule has 0 amide bonds. The number of ketones is 2. The van der Waals surface area contributed by atoms with Gasteiger partial charge in [-0.1, -0.05) is 36.4 Å². The van der Waals surface area contributed by atoms with Gasteiger partial charge in [0.15, 0.2) is 11.5 Å². The van der Waals surface area contributed by atoms with Gasteiger partial charge in [-0.15, -0.1) is 0 Å². The SMILES string of the molecule is COC(=O)CC(C1=C(O)C(=O)C(C(CC(=O)OC)c2cc3ccccc3n(C)c2=O)=C(O)C1=O)c1cc2ccccc2n(C)c1=O. The fourth-order valence-electron chi connectivity index (χ4n) is 5.99. The molecule has 12 nitrogen and oxygen atoms in total. The van der Waals surface area contributed by atoms with Gasteiger partial charge < -0.3 is 28.8 Å². The number of pyridine rings is 2. The van der Waals surface area contributed by atoms with Crippen LogP contribution in [0.5, 0.6) is 0 Å². The molecule has 1 aliphatic carbocycles. The molecular weight excluding hydrogens is 596 g/mol. The van der Waals surface area contributed by atoms with Crippen LogP contribution < -0.4 is 11.1 Å². The minimum atomic E-state index is -1.51. The van der Waals surface area contributed by atoms with Crippen LogP contribution in [0.1, 0.15) is 35.8 Å². The van der Waals surface area contributed by atoms with Crippen LogP contribution in [0.4, 0.5) is 0 Å². The van der Waals surface area contributed by atoms with Gasteiger partial charge in [0.1, 0.15) is 0 Å². The lowest BCUT2D eigenvalue weighted by molar-refractivity contribution is -0.142. The fraction of sp³-hybridized carbons (Fsp3) is 0.235. The van der Waals surface area contributed by atoms with Crippen molar-refractivity contribution in [1.29, 1.82) is 0 Å². The van der Waals surface area contributed by atoms with Crippen LogP contribution in [0.3, 0.4) is 0 Å². The number of carbonyl (C=O) groups excluding carboxylic acids is 4. The number of nitrogens with zero attached hydrogens (tertiary/aromatic N) is 2. The van der Waals surface area contributed by atoms with Gasteiger partial charge in [-0.3, -0.25) is 28.8 Å². The van der Waals surface area contributed by atoms with Crippen molar-refractivity contribution in [3.05, 3.63) is 115 Å². The Balaban J connectivity index is 1.72. The first-order valence-electron chi connectivity index (χ1n) is 14.2. The molecule has 2 heterocycles. The average molecular weight is 627 g/mol. The summed E-state index contributed by atoms with van der Waals surface area (Å²) in [4.78, 5) is 80.1. The maximum Gasteiger partial charge on any atom is 0.306 e. The van der Waals surface area contributed by atoms with E-state index in [0.717, 1.165) is 14.2 Å². The molecule has 5 rings (SSSR count). The number of aryl methyl sites for hydroxylation is 2. The van der Waals surface area contributed by atoms with Crippen molar-refractivity contribution in [2.24, 2.45) is 14.1 Å². The van der Waals surface area contributed by atoms with E-state index in [2.05, 4.69) is 0 Å². The van der Waals surface area contributed by atoms with E-state index in [1.165, 1.54) is 35.4 Å². The number of para-hydroxylation sites is 2. The van der Waals surface area contributed by atoms with E-state index in [-0.39, 0.29) is 11.1 Å². The first kappa shape index (κ1) is 31.6. The summed E-state index contributed by atoms with van der Waals surface area (Å²) in [6.45, 7) is 0. The van der Waals surface area contributed by atoms with Crippen molar-refractivity contribution in [1.82, 2.24) is 9.13 Å². The highest BCUT2D eigenvalue weighted by Gasteiger charge is 2.44. The Kier molecular flexibility index (Phi) is 8.47. The number of carbonyl (C=O) groups is 4. The Bertz CT molecular complexity index is 2000. The van der Waals surface area contributed by atoms with E-state index in [9.17, 15) is 39.0 Å². The molecule has 0 saturated heterocycles. The monoisotopic (exact) mass is 626 g/mol. The molecule has 236 valence electrons. The molecule has 2 aromatic carbocycles. The van der Waals surface area contributed by atoms with Gasteiger partial charge in [0.05, 0.1) is 49.2 Å². The zero-order chi connectivity index (χ0) is 33.4. The van der Waals surface area contributed by atoms with E-state index in [1.54, 1.807) is 48.5 Å². The first-order chi connectivity index (χ1) is 21.9. The first-order valence-corrected chi connectivity index (χ1v) is 14.2. The summed E-state index contributed by atoms with van der Waals surface area (Å²) in [5.41, 5.74) is -1.77. The minimum absolute atomic E-state index is 0.111. The second-order valence-corrected chi connectivity index (χ2v) is 10.9. The smallest absolute Gasteiger partial charge is 0.306 e. The molecule has 2 N–H and O–H groups in total. The van der Waals surface area contributed by atoms with Crippen molar-refractivity contribution in [2.45, 2.75) is 24.7 Å². The molecule has 2 atom stereocenters. The van der Waals surface area contributed by atoms with E-state index in [4.69, 9.17) is 9.47 Å². The highest BCUT2D eigenvalue weighted by molar-refractivity contribution is 6.24. The van der Waals surface area contributed by atoms with Gasteiger partial charge in [0, 0.05) is 37.1 Å². The van der Waals surface area contributed by atoms with Gasteiger partial charge in [0.25, 0.3) is 11.1 Å². The molecule has 0 fully saturated rings. The molecular formula is C34H30N2O10. The summed E-state index contributed by atoms with van der Waals surface area (Å²) in [5.74, 6) is -9.56. The standard InChI is InChI=1S/C34H30N2O10/c1-35-23-11-7-5-9-17(23)13-21(33(35)43)19(15-25(37)45-3)27-29(39)31(41)28(32(42)30(27)40)20(16-26(38)46-4)22-14-18-10-6-8-12-24(18)36(2)34(22)44/h5-14,19-20,39,42H,15-16H2,1-4H3. The third-order valence-corrected chi connectivity index (χ3v) is 8.40. The van der Waals surface area contributed by atoms with Crippen LogP contribution in [0.25, 0.3) is 21.8 Å². The van der Waals surface area contributed by atoms with Crippen LogP contribution in [-0.4, -0.2) is 57.1 Å². The van der Waals surface area contributed by atoms with Crippen molar-refractivity contribution < 1.29 is 38.9 Å². The molecule has 1 aliphatic rings. The Morgan fingerprint density at radius 2 is 1.00 bits per heavy atom. The molecule has 0 spiro atoms. The number of Topliss-reactive ketones (excluding diaryl/α,β-unsaturated/α-hetero) is 2. The minimum Gasteiger partial charge on any atom is -0.504 e. The zero-order valence-corrected chi connectivity index (χ0v) is 25.4. The van der Waals surface area contributed by atoms with Gasteiger partial charge >= 0.3 is 11.9 Å². The van der Waals surface area contributed by atoms with Gasteiger partial charge in [-0.2, -0.15) is 0 Å². The van der Waals surface area contributed by atoms with Gasteiger partial charge in [-0.05, 0) is 35.0 Å². The van der Waals surface area contributed by atoms with Crippen LogP contribution in [0.2, 0.25) is 0 Å². The number of methoxy groups -OCH3 is 2. The maximum absolute atomic E-state index is 14.0. The van der Waals surface area contributed by atoms with Crippen molar-refractivity contribution in [2.75, 3.05) is 14.2 Å². The number of ether oxygens (including phenoxy) is 2. The highest BCUT2D eigenvalue weighted by atomic mass is 16.5. The Morgan fingerprint density at radius 3 is 1.35 bits per heavy atom. The van der Waals surface area contributed by atoms with Crippen LogP contribution in [-0.2, 0) is 42.7 Å². The number of fused-ring (bicyclic) bond motifs is 2. The number of hydrogen-bond acceptors (Lipinski definition) is 10. The number of aliphatic hydroxyl groups excluding tert-OH is 2. The van der Waals surface area contributed by atoms with Gasteiger partial charge in [-0.25, -0.2) is 0 Å². The molecule has 4 aromatic rings. The topological polar surface area (TPSA) is 171 Å². The number of allylic oxidation sites excluding steroid dienone is 2. The third kappa shape index (κ3) is 5.27. The fourth-order valence-corrected chi connectivity index (χ4v) is 5.99. The van der Waals surface area contributed by atoms with E-state index in [1.807, 2.05) is 0 Å². The lowest BCUT2D eigenvalue weighted by Gasteiger charge is -2.27. The van der Waals surface area contributed by atoms with E-state index >= 15 is 0 Å². The number of rotatable bonds is 8. The van der Waals surface area contributed by atoms with Crippen LogP contribution in [0.15, 0.2) is 92.9 Å². The van der Waals surface area contributed by atoms with E-state index < -0.39 is 82.0 Å². The average Bonchev–Trinajstić information content (AvgIpc) is 3.06. The lowest BCUT2D eigenvalue weighted by Crippen LogP contribution is -2.35. The van der Waals surface area contributed by atoms with Crippen LogP contribution in [0, 0.1) is 0 Å². The Hall–Kier alpha value is -5.78. The second-order valence-electron chi connectivity index (χ2n) is 10.9. The number of benzene rings is 2. The molecule has 0 bridgehead atoms. The molecule has 2 aromatic heterocycles. The van der Waals surface area contributed by atoms with Crippen molar-refractivity contribution >= 4 is 45.3 Å².